The number of nitrogens with zero attached hydrogens (tertiary/aromatic N) is 1. The molecule has 0 saturated heterocycles. The third kappa shape index (κ3) is 3.82. The van der Waals surface area contributed by atoms with Crippen LogP contribution in [-0.4, -0.2) is 11.3 Å². The third-order valence-corrected chi connectivity index (χ3v) is 12.1. The van der Waals surface area contributed by atoms with E-state index in [2.05, 4.69) is 158 Å². The van der Waals surface area contributed by atoms with Crippen molar-refractivity contribution in [1.82, 2.24) is 4.98 Å². The van der Waals surface area contributed by atoms with Crippen molar-refractivity contribution in [2.45, 2.75) is 0 Å². The summed E-state index contributed by atoms with van der Waals surface area (Å²) in [4.78, 5) is 5.35. The SMILES string of the molecule is C=P(c1ccccc1)(c1ccccc1)c1ccc(-c2c3ccc4ccccc4c3nc3c2ccc2ccccc23)cc1. The maximum atomic E-state index is 5.35. The van der Waals surface area contributed by atoms with Crippen LogP contribution in [0, 0.1) is 0 Å². The molecule has 2 heteroatoms. The molecule has 7 aromatic carbocycles. The van der Waals surface area contributed by atoms with Crippen LogP contribution in [0.25, 0.3) is 54.5 Å². The van der Waals surface area contributed by atoms with Crippen LogP contribution in [0.1, 0.15) is 0 Å². The first-order valence-corrected chi connectivity index (χ1v) is 16.3. The first kappa shape index (κ1) is 24.8. The van der Waals surface area contributed by atoms with Crippen molar-refractivity contribution in [3.63, 3.8) is 0 Å². The van der Waals surface area contributed by atoms with Gasteiger partial charge in [0.2, 0.25) is 0 Å². The van der Waals surface area contributed by atoms with Crippen LogP contribution in [0.3, 0.4) is 0 Å². The highest BCUT2D eigenvalue weighted by atomic mass is 31.2. The van der Waals surface area contributed by atoms with E-state index in [1.165, 1.54) is 59.4 Å². The highest BCUT2D eigenvalue weighted by molar-refractivity contribution is 7.93. The molecule has 0 radical (unpaired) electrons. The van der Waals surface area contributed by atoms with Crippen LogP contribution in [0.2, 0.25) is 0 Å². The molecule has 8 rings (SSSR count). The fourth-order valence-electron chi connectivity index (χ4n) is 6.42. The third-order valence-electron chi connectivity index (χ3n) is 8.55. The van der Waals surface area contributed by atoms with Gasteiger partial charge in [-0.15, -0.1) is 0 Å². The van der Waals surface area contributed by atoms with Crippen LogP contribution >= 0.6 is 6.89 Å². The van der Waals surface area contributed by atoms with E-state index in [1.54, 1.807) is 0 Å². The van der Waals surface area contributed by atoms with Gasteiger partial charge >= 0.3 is 0 Å². The van der Waals surface area contributed by atoms with Gasteiger partial charge in [-0.3, -0.25) is 0 Å². The molecule has 0 N–H and O–H groups in total. The summed E-state index contributed by atoms with van der Waals surface area (Å²) in [6, 6.07) is 56.8. The molecule has 1 aromatic heterocycles. The lowest BCUT2D eigenvalue weighted by Gasteiger charge is -2.27. The number of benzene rings is 7. The predicted molar refractivity (Wildman–Crippen MR) is 186 cm³/mol. The van der Waals surface area contributed by atoms with Gasteiger partial charge < -0.3 is 0 Å². The van der Waals surface area contributed by atoms with Gasteiger partial charge in [0.1, 0.15) is 0 Å². The van der Waals surface area contributed by atoms with Crippen LogP contribution in [-0.2, 0) is 0 Å². The van der Waals surface area contributed by atoms with Crippen LogP contribution in [0.4, 0.5) is 0 Å². The molecular formula is C40H28NP. The van der Waals surface area contributed by atoms with Crippen molar-refractivity contribution in [2.75, 3.05) is 0 Å². The Kier molecular flexibility index (Phi) is 5.81. The fourth-order valence-corrected chi connectivity index (χ4v) is 9.33. The van der Waals surface area contributed by atoms with Crippen LogP contribution < -0.4 is 15.9 Å². The summed E-state index contributed by atoms with van der Waals surface area (Å²) in [5.41, 5.74) is 4.51. The number of hydrogen-bond acceptors (Lipinski definition) is 1. The van der Waals surface area contributed by atoms with Crippen molar-refractivity contribution >= 4 is 72.4 Å². The second kappa shape index (κ2) is 9.84. The molecule has 0 atom stereocenters. The Labute approximate surface area is 245 Å². The fraction of sp³-hybridized carbons (Fsp3) is 0. The average molecular weight is 554 g/mol. The maximum Gasteiger partial charge on any atom is 0.0794 e. The number of fused-ring (bicyclic) bond motifs is 6. The largest absolute Gasteiger partial charge is 0.246 e. The summed E-state index contributed by atoms with van der Waals surface area (Å²) in [7, 11) is 0. The molecule has 0 aliphatic rings. The zero-order valence-corrected chi connectivity index (χ0v) is 24.0. The Morgan fingerprint density at radius 2 is 0.810 bits per heavy atom. The molecule has 42 heavy (non-hydrogen) atoms. The summed E-state index contributed by atoms with van der Waals surface area (Å²) >= 11 is 0. The van der Waals surface area contributed by atoms with Crippen LogP contribution in [0.5, 0.6) is 0 Å². The van der Waals surface area contributed by atoms with Gasteiger partial charge in [0.15, 0.2) is 0 Å². The zero-order valence-electron chi connectivity index (χ0n) is 23.1. The van der Waals surface area contributed by atoms with Gasteiger partial charge in [-0.2, -0.15) is 0 Å². The Morgan fingerprint density at radius 3 is 1.31 bits per heavy atom. The topological polar surface area (TPSA) is 12.9 Å². The molecule has 0 spiro atoms. The minimum absolute atomic E-state index is 1.05. The summed E-state index contributed by atoms with van der Waals surface area (Å²) in [5.74, 6) is 0. The highest BCUT2D eigenvalue weighted by Crippen LogP contribution is 2.43. The van der Waals surface area contributed by atoms with Gasteiger partial charge in [0.05, 0.1) is 11.0 Å². The van der Waals surface area contributed by atoms with E-state index in [1.807, 2.05) is 0 Å². The molecule has 0 fully saturated rings. The standard InChI is InChI=1S/C40H28NP/c1-42(31-14-4-2-5-15-31,32-16-6-3-7-17-32)33-24-20-30(21-25-33)38-36-26-22-28-12-8-10-18-34(28)39(36)41-40-35-19-11-9-13-29(35)23-27-37(38)40/h2-27H,1H2. The Bertz CT molecular complexity index is 2170. The molecule has 8 aromatic rings. The number of aromatic nitrogens is 1. The summed E-state index contributed by atoms with van der Waals surface area (Å²) in [6.07, 6.45) is 4.95. The number of rotatable bonds is 4. The first-order chi connectivity index (χ1) is 20.7. The molecule has 1 heterocycles. The minimum Gasteiger partial charge on any atom is -0.246 e. The monoisotopic (exact) mass is 553 g/mol. The van der Waals surface area contributed by atoms with Crippen molar-refractivity contribution < 1.29 is 0 Å². The maximum absolute atomic E-state index is 5.35. The lowest BCUT2D eigenvalue weighted by Crippen LogP contribution is -2.25. The van der Waals surface area contributed by atoms with E-state index in [9.17, 15) is 0 Å². The zero-order chi connectivity index (χ0) is 28.1. The van der Waals surface area contributed by atoms with E-state index in [-0.39, 0.29) is 0 Å². The van der Waals surface area contributed by atoms with Gasteiger partial charge in [-0.1, -0.05) is 164 Å². The molecule has 0 aliphatic carbocycles. The van der Waals surface area contributed by atoms with E-state index in [0.717, 1.165) is 11.0 Å². The van der Waals surface area contributed by atoms with Crippen molar-refractivity contribution in [3.05, 3.63) is 158 Å². The van der Waals surface area contributed by atoms with Crippen molar-refractivity contribution in [2.24, 2.45) is 0 Å². The van der Waals surface area contributed by atoms with E-state index in [4.69, 9.17) is 11.3 Å². The molecular weight excluding hydrogens is 525 g/mol. The van der Waals surface area contributed by atoms with Crippen LogP contribution in [0.15, 0.2) is 158 Å². The van der Waals surface area contributed by atoms with Crippen molar-refractivity contribution in [3.8, 4) is 11.1 Å². The molecule has 0 saturated carbocycles. The van der Waals surface area contributed by atoms with Crippen molar-refractivity contribution in [1.29, 1.82) is 0 Å². The second-order valence-electron chi connectivity index (χ2n) is 10.9. The van der Waals surface area contributed by atoms with E-state index in [0.29, 0.717) is 0 Å². The molecule has 0 unspecified atom stereocenters. The summed E-state index contributed by atoms with van der Waals surface area (Å²) < 4.78 is 0. The summed E-state index contributed by atoms with van der Waals surface area (Å²) in [6.45, 7) is -2.06. The lowest BCUT2D eigenvalue weighted by molar-refractivity contribution is 1.53. The lowest BCUT2D eigenvalue weighted by atomic mass is 9.92. The Morgan fingerprint density at radius 1 is 0.381 bits per heavy atom. The van der Waals surface area contributed by atoms with E-state index >= 15 is 0 Å². The minimum atomic E-state index is -2.06. The predicted octanol–water partition coefficient (Wildman–Crippen LogP) is 9.09. The number of hydrogen-bond donors (Lipinski definition) is 0. The normalized spacial score (nSPS) is 11.9. The quantitative estimate of drug-likeness (QED) is 0.120. The Hall–Kier alpha value is -4.97. The number of pyridine rings is 1. The molecule has 0 bridgehead atoms. The van der Waals surface area contributed by atoms with Gasteiger partial charge in [0.25, 0.3) is 0 Å². The second-order valence-corrected chi connectivity index (χ2v) is 14.0. The first-order valence-electron chi connectivity index (χ1n) is 14.3. The molecule has 0 amide bonds. The van der Waals surface area contributed by atoms with Gasteiger partial charge in [0, 0.05) is 27.1 Å². The summed E-state index contributed by atoms with van der Waals surface area (Å²) in [5, 5.41) is 10.9. The molecule has 1 nitrogen and oxygen atoms in total. The van der Waals surface area contributed by atoms with Gasteiger partial charge in [-0.25, -0.2) is 4.98 Å². The average Bonchev–Trinajstić information content (AvgIpc) is 3.07. The molecule has 198 valence electrons. The molecule has 0 aliphatic heterocycles. The Balaban J connectivity index is 1.41. The van der Waals surface area contributed by atoms with Gasteiger partial charge in [-0.05, 0) is 39.1 Å². The van der Waals surface area contributed by atoms with E-state index < -0.39 is 6.89 Å². The smallest absolute Gasteiger partial charge is 0.0794 e. The highest BCUT2D eigenvalue weighted by Gasteiger charge is 2.23.